The van der Waals surface area contributed by atoms with Crippen LogP contribution in [0, 0.1) is 13.8 Å². The molecule has 1 N–H and O–H groups in total. The number of aromatic nitrogens is 1. The van der Waals surface area contributed by atoms with Crippen molar-refractivity contribution in [2.24, 2.45) is 5.10 Å². The van der Waals surface area contributed by atoms with Gasteiger partial charge in [0, 0.05) is 17.1 Å². The van der Waals surface area contributed by atoms with Gasteiger partial charge in [0.05, 0.1) is 17.3 Å². The highest BCUT2D eigenvalue weighted by atomic mass is 79.9. The summed E-state index contributed by atoms with van der Waals surface area (Å²) >= 11 is 3.49. The Morgan fingerprint density at radius 2 is 1.79 bits per heavy atom. The second kappa shape index (κ2) is 13.0. The third-order valence-electron chi connectivity index (χ3n) is 5.69. The van der Waals surface area contributed by atoms with E-state index in [1.54, 1.807) is 24.3 Å². The summed E-state index contributed by atoms with van der Waals surface area (Å²) in [5.41, 5.74) is 6.59. The molecule has 0 unspecified atom stereocenters. The van der Waals surface area contributed by atoms with E-state index in [9.17, 15) is 4.79 Å². The van der Waals surface area contributed by atoms with Gasteiger partial charge in [0.1, 0.15) is 24.7 Å². The van der Waals surface area contributed by atoms with E-state index in [4.69, 9.17) is 18.6 Å². The smallest absolute Gasteiger partial charge is 0.307 e. The zero-order valence-electron chi connectivity index (χ0n) is 22.1. The number of furan rings is 1. The van der Waals surface area contributed by atoms with Crippen molar-refractivity contribution in [2.45, 2.75) is 27.4 Å². The van der Waals surface area contributed by atoms with E-state index in [0.29, 0.717) is 46.3 Å². The number of halogens is 1. The zero-order valence-corrected chi connectivity index (χ0v) is 23.7. The molecule has 0 aliphatic heterocycles. The van der Waals surface area contributed by atoms with Crippen molar-refractivity contribution in [3.8, 4) is 22.9 Å². The predicted molar refractivity (Wildman–Crippen MR) is 154 cm³/mol. The number of aryl methyl sites for hydroxylation is 2. The van der Waals surface area contributed by atoms with E-state index in [-0.39, 0.29) is 12.4 Å². The van der Waals surface area contributed by atoms with Crippen molar-refractivity contribution >= 4 is 28.1 Å². The molecule has 0 saturated heterocycles. The maximum Gasteiger partial charge on any atom is 0.307 e. The minimum absolute atomic E-state index is 0.129. The summed E-state index contributed by atoms with van der Waals surface area (Å²) in [6, 6.07) is 18.9. The topological polar surface area (TPSA) is 87.2 Å². The number of hydrazone groups is 1. The van der Waals surface area contributed by atoms with E-state index < -0.39 is 5.91 Å². The number of nitrogens with zero attached hydrogens (tertiary/aromatic N) is 2. The highest BCUT2D eigenvalue weighted by Crippen LogP contribution is 2.36. The molecule has 39 heavy (non-hydrogen) atoms. The molecule has 2 aromatic heterocycles. The average molecular weight is 592 g/mol. The van der Waals surface area contributed by atoms with Gasteiger partial charge in [-0.15, -0.1) is 0 Å². The normalized spacial score (nSPS) is 11.0. The summed E-state index contributed by atoms with van der Waals surface area (Å²) < 4.78 is 25.7. The second-order valence-electron chi connectivity index (χ2n) is 8.56. The number of carbonyl (C=O) groups excluding carboxylic acids is 1. The first-order valence-electron chi connectivity index (χ1n) is 12.4. The van der Waals surface area contributed by atoms with Gasteiger partial charge in [-0.1, -0.05) is 12.7 Å². The third kappa shape index (κ3) is 7.00. The Morgan fingerprint density at radius 1 is 1.05 bits per heavy atom. The first-order chi connectivity index (χ1) is 18.9. The Labute approximate surface area is 236 Å². The molecular formula is C30H30BrN3O5. The molecule has 0 radical (unpaired) electrons. The largest absolute Gasteiger partial charge is 0.490 e. The Morgan fingerprint density at radius 3 is 2.49 bits per heavy atom. The van der Waals surface area contributed by atoms with Gasteiger partial charge in [-0.25, -0.2) is 5.43 Å². The minimum atomic E-state index is -0.477. The SMILES string of the molecule is C=CCOc1c(Br)cc(/C=N/NC(=O)c2ccc(COc3ccc(-n4c(C)ccc4C)cc3)o2)cc1OCC. The van der Waals surface area contributed by atoms with Crippen LogP contribution in [0.5, 0.6) is 17.2 Å². The fourth-order valence-corrected chi connectivity index (χ4v) is 4.50. The predicted octanol–water partition coefficient (Wildman–Crippen LogP) is 6.76. The Kier molecular flexibility index (Phi) is 9.27. The molecule has 202 valence electrons. The van der Waals surface area contributed by atoms with E-state index in [2.05, 4.69) is 63.6 Å². The van der Waals surface area contributed by atoms with E-state index in [1.165, 1.54) is 17.6 Å². The van der Waals surface area contributed by atoms with Crippen LogP contribution >= 0.6 is 15.9 Å². The van der Waals surface area contributed by atoms with Crippen LogP contribution in [0.2, 0.25) is 0 Å². The minimum Gasteiger partial charge on any atom is -0.490 e. The number of amides is 1. The molecule has 0 bridgehead atoms. The quantitative estimate of drug-likeness (QED) is 0.112. The summed E-state index contributed by atoms with van der Waals surface area (Å²) in [4.78, 5) is 12.5. The van der Waals surface area contributed by atoms with E-state index >= 15 is 0 Å². The van der Waals surface area contributed by atoms with Crippen molar-refractivity contribution in [3.63, 3.8) is 0 Å². The molecular weight excluding hydrogens is 562 g/mol. The number of ether oxygens (including phenoxy) is 3. The summed E-state index contributed by atoms with van der Waals surface area (Å²) in [5, 5.41) is 4.05. The van der Waals surface area contributed by atoms with Gasteiger partial charge in [0.2, 0.25) is 0 Å². The highest BCUT2D eigenvalue weighted by molar-refractivity contribution is 9.10. The lowest BCUT2D eigenvalue weighted by Gasteiger charge is -2.13. The number of nitrogens with one attached hydrogen (secondary N) is 1. The molecule has 9 heteroatoms. The molecule has 4 aromatic rings. The molecule has 0 spiro atoms. The monoisotopic (exact) mass is 591 g/mol. The van der Waals surface area contributed by atoms with Crippen LogP contribution in [0.1, 0.15) is 40.2 Å². The molecule has 2 aromatic carbocycles. The van der Waals surface area contributed by atoms with Gasteiger partial charge >= 0.3 is 5.91 Å². The fraction of sp³-hybridized carbons (Fsp3) is 0.200. The molecule has 0 atom stereocenters. The molecule has 4 rings (SSSR count). The van der Waals surface area contributed by atoms with Crippen LogP contribution < -0.4 is 19.6 Å². The van der Waals surface area contributed by atoms with Crippen molar-refractivity contribution in [2.75, 3.05) is 13.2 Å². The van der Waals surface area contributed by atoms with Crippen LogP contribution in [0.4, 0.5) is 0 Å². The van der Waals surface area contributed by atoms with Crippen LogP contribution in [0.15, 0.2) is 87.3 Å². The highest BCUT2D eigenvalue weighted by Gasteiger charge is 2.13. The first kappa shape index (κ1) is 27.8. The summed E-state index contributed by atoms with van der Waals surface area (Å²) in [6.07, 6.45) is 3.17. The number of rotatable bonds is 12. The molecule has 1 amide bonds. The van der Waals surface area contributed by atoms with Gasteiger partial charge in [0.15, 0.2) is 17.3 Å². The molecule has 0 saturated carbocycles. The lowest BCUT2D eigenvalue weighted by atomic mass is 10.2. The zero-order chi connectivity index (χ0) is 27.8. The summed E-state index contributed by atoms with van der Waals surface area (Å²) in [5.74, 6) is 2.00. The van der Waals surface area contributed by atoms with Crippen LogP contribution in [-0.2, 0) is 6.61 Å². The van der Waals surface area contributed by atoms with Gasteiger partial charge in [-0.3, -0.25) is 4.79 Å². The third-order valence-corrected chi connectivity index (χ3v) is 6.28. The van der Waals surface area contributed by atoms with Crippen molar-refractivity contribution in [1.29, 1.82) is 0 Å². The van der Waals surface area contributed by atoms with Gasteiger partial charge in [-0.05, 0) is 103 Å². The Hall–Kier alpha value is -4.24. The lowest BCUT2D eigenvalue weighted by Crippen LogP contribution is -2.16. The molecule has 0 fully saturated rings. The average Bonchev–Trinajstić information content (AvgIpc) is 3.53. The van der Waals surface area contributed by atoms with Gasteiger partial charge in [-0.2, -0.15) is 5.10 Å². The van der Waals surface area contributed by atoms with Gasteiger partial charge in [0.25, 0.3) is 0 Å². The Balaban J connectivity index is 1.33. The van der Waals surface area contributed by atoms with Crippen molar-refractivity contribution in [1.82, 2.24) is 9.99 Å². The summed E-state index contributed by atoms with van der Waals surface area (Å²) in [6.45, 7) is 10.7. The van der Waals surface area contributed by atoms with Crippen molar-refractivity contribution < 1.29 is 23.4 Å². The second-order valence-corrected chi connectivity index (χ2v) is 9.42. The number of carbonyl (C=O) groups is 1. The van der Waals surface area contributed by atoms with Gasteiger partial charge < -0.3 is 23.2 Å². The van der Waals surface area contributed by atoms with Crippen LogP contribution in [-0.4, -0.2) is 29.9 Å². The Bertz CT molecular complexity index is 1450. The van der Waals surface area contributed by atoms with Crippen LogP contribution in [0.3, 0.4) is 0 Å². The number of hydrogen-bond donors (Lipinski definition) is 1. The molecule has 0 aliphatic rings. The van der Waals surface area contributed by atoms with Crippen molar-refractivity contribution in [3.05, 3.63) is 106 Å². The maximum atomic E-state index is 12.5. The van der Waals surface area contributed by atoms with E-state index in [0.717, 1.165) is 5.69 Å². The maximum absolute atomic E-state index is 12.5. The first-order valence-corrected chi connectivity index (χ1v) is 13.2. The number of benzene rings is 2. The molecule has 8 nitrogen and oxygen atoms in total. The summed E-state index contributed by atoms with van der Waals surface area (Å²) in [7, 11) is 0. The van der Waals surface area contributed by atoms with E-state index in [1.807, 2.05) is 37.3 Å². The standard InChI is InChI=1S/C30H30BrN3O5/c1-5-15-37-29-26(31)16-22(17-28(29)36-6-2)18-32-33-30(35)27-14-13-25(39-27)19-38-24-11-9-23(10-12-24)34-20(3)7-8-21(34)4/h5,7-14,16-18H,1,6,15,19H2,2-4H3,(H,33,35)/b32-18+. The molecule has 0 aliphatic carbocycles. The number of hydrogen-bond acceptors (Lipinski definition) is 6. The molecule has 2 heterocycles. The lowest BCUT2D eigenvalue weighted by molar-refractivity contribution is 0.0923. The fourth-order valence-electron chi connectivity index (χ4n) is 3.93. The van der Waals surface area contributed by atoms with Crippen LogP contribution in [0.25, 0.3) is 5.69 Å².